The smallest absolute Gasteiger partial charge is 0.257 e. The SMILES string of the molecule is CCCCCC1(CCCCC)OC2(CC(C)(C)NC(C)(C)C2)C(=O)N1CC1CO1. The summed E-state index contributed by atoms with van der Waals surface area (Å²) in [5.74, 6) is 0.212. The van der Waals surface area contributed by atoms with Gasteiger partial charge in [-0.3, -0.25) is 4.79 Å². The monoisotopic (exact) mass is 408 g/mol. The third kappa shape index (κ3) is 5.16. The van der Waals surface area contributed by atoms with Crippen molar-refractivity contribution in [3.8, 4) is 0 Å². The minimum absolute atomic E-state index is 0.137. The molecule has 3 saturated heterocycles. The van der Waals surface area contributed by atoms with E-state index in [1.54, 1.807) is 0 Å². The van der Waals surface area contributed by atoms with E-state index in [-0.39, 0.29) is 23.1 Å². The van der Waals surface area contributed by atoms with Crippen molar-refractivity contribution in [3.05, 3.63) is 0 Å². The average Bonchev–Trinajstić information content (AvgIpc) is 3.37. The first-order valence-electron chi connectivity index (χ1n) is 12.0. The fraction of sp³-hybridized carbons (Fsp3) is 0.958. The molecule has 1 spiro atoms. The summed E-state index contributed by atoms with van der Waals surface area (Å²) in [7, 11) is 0. The van der Waals surface area contributed by atoms with E-state index < -0.39 is 11.3 Å². The molecule has 3 fully saturated rings. The molecule has 1 N–H and O–H groups in total. The molecule has 5 nitrogen and oxygen atoms in total. The number of rotatable bonds is 10. The average molecular weight is 409 g/mol. The molecule has 0 radical (unpaired) electrons. The molecule has 1 unspecified atom stereocenters. The van der Waals surface area contributed by atoms with Crippen LogP contribution in [0.4, 0.5) is 0 Å². The van der Waals surface area contributed by atoms with Crippen molar-refractivity contribution < 1.29 is 14.3 Å². The number of nitrogens with one attached hydrogen (secondary N) is 1. The number of nitrogens with zero attached hydrogens (tertiary/aromatic N) is 1. The van der Waals surface area contributed by atoms with Crippen molar-refractivity contribution in [2.75, 3.05) is 13.2 Å². The van der Waals surface area contributed by atoms with Gasteiger partial charge in [0.1, 0.15) is 5.72 Å². The molecule has 0 aromatic heterocycles. The van der Waals surface area contributed by atoms with Crippen LogP contribution in [0.15, 0.2) is 0 Å². The molecule has 29 heavy (non-hydrogen) atoms. The largest absolute Gasteiger partial charge is 0.371 e. The predicted octanol–water partition coefficient (Wildman–Crippen LogP) is 4.78. The molecule has 3 rings (SSSR count). The maximum Gasteiger partial charge on any atom is 0.257 e. The third-order valence-corrected chi connectivity index (χ3v) is 6.77. The molecule has 3 heterocycles. The molecule has 0 bridgehead atoms. The highest BCUT2D eigenvalue weighted by atomic mass is 16.6. The molecule has 3 aliphatic rings. The lowest BCUT2D eigenvalue weighted by atomic mass is 9.72. The predicted molar refractivity (Wildman–Crippen MR) is 117 cm³/mol. The van der Waals surface area contributed by atoms with Gasteiger partial charge in [0.2, 0.25) is 0 Å². The molecular weight excluding hydrogens is 364 g/mol. The summed E-state index contributed by atoms with van der Waals surface area (Å²) in [4.78, 5) is 16.1. The van der Waals surface area contributed by atoms with Crippen LogP contribution >= 0.6 is 0 Å². The van der Waals surface area contributed by atoms with E-state index in [1.165, 1.54) is 25.7 Å². The van der Waals surface area contributed by atoms with Gasteiger partial charge in [0.05, 0.1) is 19.3 Å². The summed E-state index contributed by atoms with van der Waals surface area (Å²) in [5, 5.41) is 3.73. The van der Waals surface area contributed by atoms with Gasteiger partial charge >= 0.3 is 0 Å². The number of carbonyl (C=O) groups is 1. The molecule has 0 aromatic rings. The van der Waals surface area contributed by atoms with Gasteiger partial charge in [0, 0.05) is 23.9 Å². The fourth-order valence-electron chi connectivity index (χ4n) is 6.04. The minimum atomic E-state index is -0.717. The molecule has 168 valence electrons. The van der Waals surface area contributed by atoms with E-state index in [9.17, 15) is 4.79 Å². The second-order valence-electron chi connectivity index (χ2n) is 11.1. The van der Waals surface area contributed by atoms with Gasteiger partial charge in [-0.2, -0.15) is 0 Å². The van der Waals surface area contributed by atoms with Crippen LogP contribution in [0.1, 0.15) is 106 Å². The number of amides is 1. The van der Waals surface area contributed by atoms with Crippen LogP contribution in [0, 0.1) is 0 Å². The van der Waals surface area contributed by atoms with E-state index in [0.29, 0.717) is 6.54 Å². The van der Waals surface area contributed by atoms with Crippen LogP contribution in [0.2, 0.25) is 0 Å². The number of piperidine rings is 1. The lowest BCUT2D eigenvalue weighted by Gasteiger charge is -2.50. The van der Waals surface area contributed by atoms with Crippen LogP contribution in [0.25, 0.3) is 0 Å². The quantitative estimate of drug-likeness (QED) is 0.417. The van der Waals surface area contributed by atoms with Crippen molar-refractivity contribution in [3.63, 3.8) is 0 Å². The minimum Gasteiger partial charge on any atom is -0.371 e. The third-order valence-electron chi connectivity index (χ3n) is 6.77. The summed E-state index contributed by atoms with van der Waals surface area (Å²) >= 11 is 0. The summed E-state index contributed by atoms with van der Waals surface area (Å²) in [6, 6.07) is 0. The maximum atomic E-state index is 14.0. The van der Waals surface area contributed by atoms with Gasteiger partial charge in [0.15, 0.2) is 5.60 Å². The van der Waals surface area contributed by atoms with Crippen LogP contribution in [-0.2, 0) is 14.3 Å². The number of hydrogen-bond donors (Lipinski definition) is 1. The Bertz CT molecular complexity index is 557. The van der Waals surface area contributed by atoms with Gasteiger partial charge in [-0.1, -0.05) is 39.5 Å². The highest BCUT2D eigenvalue weighted by molar-refractivity contribution is 5.88. The van der Waals surface area contributed by atoms with Gasteiger partial charge < -0.3 is 19.7 Å². The Balaban J connectivity index is 1.94. The molecule has 0 saturated carbocycles. The van der Waals surface area contributed by atoms with Crippen LogP contribution in [0.5, 0.6) is 0 Å². The summed E-state index contributed by atoms with van der Waals surface area (Å²) < 4.78 is 12.6. The van der Waals surface area contributed by atoms with Gasteiger partial charge in [0.25, 0.3) is 5.91 Å². The zero-order valence-electron chi connectivity index (χ0n) is 19.7. The van der Waals surface area contributed by atoms with Crippen molar-refractivity contribution in [2.24, 2.45) is 0 Å². The van der Waals surface area contributed by atoms with E-state index in [0.717, 1.165) is 45.1 Å². The van der Waals surface area contributed by atoms with Gasteiger partial charge in [-0.05, 0) is 53.4 Å². The van der Waals surface area contributed by atoms with Crippen molar-refractivity contribution in [1.29, 1.82) is 0 Å². The zero-order valence-corrected chi connectivity index (χ0v) is 19.7. The maximum absolute atomic E-state index is 14.0. The molecule has 1 amide bonds. The van der Waals surface area contributed by atoms with Crippen molar-refractivity contribution in [2.45, 2.75) is 134 Å². The Morgan fingerprint density at radius 2 is 1.48 bits per heavy atom. The Hall–Kier alpha value is -0.650. The fourth-order valence-corrected chi connectivity index (χ4v) is 6.04. The van der Waals surface area contributed by atoms with E-state index in [2.05, 4.69) is 51.8 Å². The van der Waals surface area contributed by atoms with Gasteiger partial charge in [-0.15, -0.1) is 0 Å². The number of unbranched alkanes of at least 4 members (excludes halogenated alkanes) is 4. The van der Waals surface area contributed by atoms with Crippen LogP contribution in [0.3, 0.4) is 0 Å². The lowest BCUT2D eigenvalue weighted by molar-refractivity contribution is -0.176. The molecule has 1 atom stereocenters. The van der Waals surface area contributed by atoms with E-state index in [1.807, 2.05) is 0 Å². The molecule has 0 aliphatic carbocycles. The molecular formula is C24H44N2O3. The summed E-state index contributed by atoms with van der Waals surface area (Å²) in [6.07, 6.45) is 10.5. The topological polar surface area (TPSA) is 54.1 Å². The number of ether oxygens (including phenoxy) is 2. The van der Waals surface area contributed by atoms with E-state index >= 15 is 0 Å². The highest BCUT2D eigenvalue weighted by Gasteiger charge is 2.64. The Morgan fingerprint density at radius 3 is 1.93 bits per heavy atom. The number of epoxide rings is 1. The van der Waals surface area contributed by atoms with Gasteiger partial charge in [-0.25, -0.2) is 0 Å². The normalized spacial score (nSPS) is 28.8. The second-order valence-corrected chi connectivity index (χ2v) is 11.1. The van der Waals surface area contributed by atoms with Crippen LogP contribution < -0.4 is 5.32 Å². The van der Waals surface area contributed by atoms with Crippen molar-refractivity contribution >= 4 is 5.91 Å². The zero-order chi connectivity index (χ0) is 21.3. The lowest BCUT2D eigenvalue weighted by Crippen LogP contribution is -2.65. The number of hydrogen-bond acceptors (Lipinski definition) is 4. The first-order valence-corrected chi connectivity index (χ1v) is 12.0. The molecule has 0 aromatic carbocycles. The Labute approximate surface area is 178 Å². The van der Waals surface area contributed by atoms with Crippen molar-refractivity contribution in [1.82, 2.24) is 10.2 Å². The van der Waals surface area contributed by atoms with Crippen LogP contribution in [-0.4, -0.2) is 52.5 Å². The highest BCUT2D eigenvalue weighted by Crippen LogP contribution is 2.51. The Kier molecular flexibility index (Phi) is 6.72. The summed E-state index contributed by atoms with van der Waals surface area (Å²) in [6.45, 7) is 14.7. The first kappa shape index (κ1) is 23.0. The first-order chi connectivity index (χ1) is 13.6. The summed E-state index contributed by atoms with van der Waals surface area (Å²) in [5.41, 5.74) is -1.45. The standard InChI is InChI=1S/C24H44N2O3/c1-7-9-11-13-24(14-12-10-8-2)26(15-19-16-28-19)20(27)23(29-24)17-21(3,4)25-22(5,6)18-23/h19,25H,7-18H2,1-6H3. The molecule has 3 aliphatic heterocycles. The number of carbonyl (C=O) groups excluding carboxylic acids is 1. The second kappa shape index (κ2) is 8.47. The molecule has 5 heteroatoms. The Morgan fingerprint density at radius 1 is 0.966 bits per heavy atom. The van der Waals surface area contributed by atoms with E-state index in [4.69, 9.17) is 9.47 Å².